The first-order valence-corrected chi connectivity index (χ1v) is 12.3. The molecule has 1 aromatic heterocycles. The molecule has 32 heavy (non-hydrogen) atoms. The molecule has 0 spiro atoms. The number of aryl methyl sites for hydroxylation is 1. The Morgan fingerprint density at radius 3 is 2.78 bits per heavy atom. The summed E-state index contributed by atoms with van der Waals surface area (Å²) in [6.07, 6.45) is 4.47. The second-order valence-corrected chi connectivity index (χ2v) is 8.76. The highest BCUT2D eigenvalue weighted by atomic mass is 127. The highest BCUT2D eigenvalue weighted by Crippen LogP contribution is 2.18. The van der Waals surface area contributed by atoms with Crippen LogP contribution in [0.5, 0.6) is 0 Å². The zero-order chi connectivity index (χ0) is 22.2. The van der Waals surface area contributed by atoms with Crippen molar-refractivity contribution in [3.8, 4) is 0 Å². The number of likely N-dealkylation sites (N-methyl/N-ethyl adjacent to an activating group) is 1. The van der Waals surface area contributed by atoms with Crippen LogP contribution in [-0.4, -0.2) is 57.6 Å². The standard InChI is InChI=1S/C22H34FN7S.HI/c1-5-30-10-6-7-20(30)13-25-22(26-14-21-28-27-16(2)29(21)3)24-12-17-8-9-19(23)11-18(17)15-31-4;/h8-9,11,20H,5-7,10,12-15H2,1-4H3,(H2,24,25,26);1H. The lowest BCUT2D eigenvalue weighted by molar-refractivity contribution is 0.267. The lowest BCUT2D eigenvalue weighted by Crippen LogP contribution is -2.44. The first kappa shape index (κ1) is 26.8. The molecule has 2 heterocycles. The third-order valence-corrected chi connectivity index (χ3v) is 6.48. The van der Waals surface area contributed by atoms with Gasteiger partial charge in [-0.1, -0.05) is 13.0 Å². The number of aromatic nitrogens is 3. The van der Waals surface area contributed by atoms with Crippen molar-refractivity contribution in [3.63, 3.8) is 0 Å². The van der Waals surface area contributed by atoms with Crippen LogP contribution in [0.4, 0.5) is 4.39 Å². The number of aliphatic imine (C=N–C) groups is 1. The van der Waals surface area contributed by atoms with Crippen molar-refractivity contribution in [1.82, 2.24) is 30.3 Å². The maximum Gasteiger partial charge on any atom is 0.192 e. The Morgan fingerprint density at radius 2 is 2.09 bits per heavy atom. The fraction of sp³-hybridized carbons (Fsp3) is 0.591. The monoisotopic (exact) mass is 575 g/mol. The maximum absolute atomic E-state index is 13.7. The molecule has 7 nitrogen and oxygen atoms in total. The predicted molar refractivity (Wildman–Crippen MR) is 141 cm³/mol. The normalized spacial score (nSPS) is 16.8. The average Bonchev–Trinajstić information content (AvgIpc) is 3.35. The molecule has 0 radical (unpaired) electrons. The summed E-state index contributed by atoms with van der Waals surface area (Å²) in [6, 6.07) is 5.48. The Kier molecular flexibility index (Phi) is 11.2. The van der Waals surface area contributed by atoms with Crippen molar-refractivity contribution in [1.29, 1.82) is 0 Å². The number of hydrogen-bond acceptors (Lipinski definition) is 5. The molecule has 178 valence electrons. The van der Waals surface area contributed by atoms with Gasteiger partial charge in [0, 0.05) is 25.4 Å². The van der Waals surface area contributed by atoms with Gasteiger partial charge in [0.1, 0.15) is 11.6 Å². The summed E-state index contributed by atoms with van der Waals surface area (Å²) in [6.45, 7) is 8.25. The number of guanidine groups is 1. The van der Waals surface area contributed by atoms with E-state index in [4.69, 9.17) is 4.99 Å². The topological polar surface area (TPSA) is 70.4 Å². The summed E-state index contributed by atoms with van der Waals surface area (Å²) in [7, 11) is 1.96. The number of benzene rings is 1. The first-order chi connectivity index (χ1) is 15.0. The second kappa shape index (κ2) is 13.3. The Bertz CT molecular complexity index is 889. The van der Waals surface area contributed by atoms with Crippen molar-refractivity contribution in [2.24, 2.45) is 12.0 Å². The van der Waals surface area contributed by atoms with Gasteiger partial charge in [-0.15, -0.1) is 34.2 Å². The number of thioether (sulfide) groups is 1. The van der Waals surface area contributed by atoms with Gasteiger partial charge in [-0.05, 0) is 62.4 Å². The van der Waals surface area contributed by atoms with E-state index in [2.05, 4.69) is 32.7 Å². The molecular weight excluding hydrogens is 540 g/mol. The van der Waals surface area contributed by atoms with Crippen LogP contribution in [0, 0.1) is 12.7 Å². The van der Waals surface area contributed by atoms with Gasteiger partial charge in [-0.3, -0.25) is 4.90 Å². The van der Waals surface area contributed by atoms with Crippen molar-refractivity contribution < 1.29 is 4.39 Å². The van der Waals surface area contributed by atoms with E-state index in [1.165, 1.54) is 18.9 Å². The van der Waals surface area contributed by atoms with E-state index in [-0.39, 0.29) is 29.8 Å². The smallest absolute Gasteiger partial charge is 0.192 e. The molecule has 1 unspecified atom stereocenters. The van der Waals surface area contributed by atoms with Crippen molar-refractivity contribution in [2.45, 2.75) is 51.6 Å². The van der Waals surface area contributed by atoms with Crippen LogP contribution in [0.1, 0.15) is 42.5 Å². The van der Waals surface area contributed by atoms with Crippen LogP contribution in [0.15, 0.2) is 23.2 Å². The van der Waals surface area contributed by atoms with E-state index in [1.807, 2.05) is 30.9 Å². The van der Waals surface area contributed by atoms with Gasteiger partial charge in [-0.25, -0.2) is 9.38 Å². The van der Waals surface area contributed by atoms with Gasteiger partial charge in [0.25, 0.3) is 0 Å². The van der Waals surface area contributed by atoms with Gasteiger partial charge >= 0.3 is 0 Å². The molecule has 0 bridgehead atoms. The molecule has 1 aliphatic heterocycles. The van der Waals surface area contributed by atoms with Crippen LogP contribution in [0.25, 0.3) is 0 Å². The van der Waals surface area contributed by atoms with E-state index in [0.29, 0.717) is 19.1 Å². The van der Waals surface area contributed by atoms with Gasteiger partial charge < -0.3 is 15.2 Å². The number of likely N-dealkylation sites (tertiary alicyclic amines) is 1. The molecular formula is C22H35FIN7S. The summed E-state index contributed by atoms with van der Waals surface area (Å²) < 4.78 is 15.7. The molecule has 1 saturated heterocycles. The Labute approximate surface area is 212 Å². The largest absolute Gasteiger partial charge is 0.355 e. The molecule has 3 rings (SSSR count). The third kappa shape index (κ3) is 7.31. The summed E-state index contributed by atoms with van der Waals surface area (Å²) in [5.74, 6) is 3.04. The SMILES string of the molecule is CCN1CCCC1CNC(=NCc1ccc(F)cc1CSC)NCc1nnc(C)n1C.I. The van der Waals surface area contributed by atoms with Crippen LogP contribution < -0.4 is 10.6 Å². The van der Waals surface area contributed by atoms with Crippen molar-refractivity contribution >= 4 is 41.7 Å². The van der Waals surface area contributed by atoms with E-state index in [0.717, 1.165) is 54.1 Å². The van der Waals surface area contributed by atoms with Crippen LogP contribution in [-0.2, 0) is 25.9 Å². The molecule has 10 heteroatoms. The zero-order valence-corrected chi connectivity index (χ0v) is 22.5. The molecule has 2 N–H and O–H groups in total. The number of halogens is 2. The van der Waals surface area contributed by atoms with E-state index in [9.17, 15) is 4.39 Å². The summed E-state index contributed by atoms with van der Waals surface area (Å²) in [5, 5.41) is 15.3. The van der Waals surface area contributed by atoms with Crippen LogP contribution in [0.2, 0.25) is 0 Å². The minimum Gasteiger partial charge on any atom is -0.355 e. The quantitative estimate of drug-likeness (QED) is 0.271. The second-order valence-electron chi connectivity index (χ2n) is 7.89. The number of nitrogens with zero attached hydrogens (tertiary/aromatic N) is 5. The highest BCUT2D eigenvalue weighted by Gasteiger charge is 2.23. The minimum atomic E-state index is -0.202. The van der Waals surface area contributed by atoms with Gasteiger partial charge in [0.05, 0.1) is 13.1 Å². The van der Waals surface area contributed by atoms with Gasteiger partial charge in [0.2, 0.25) is 0 Å². The van der Waals surface area contributed by atoms with E-state index >= 15 is 0 Å². The lowest BCUT2D eigenvalue weighted by Gasteiger charge is -2.24. The van der Waals surface area contributed by atoms with Crippen LogP contribution in [0.3, 0.4) is 0 Å². The molecule has 1 aliphatic rings. The maximum atomic E-state index is 13.7. The lowest BCUT2D eigenvalue weighted by atomic mass is 10.1. The molecule has 0 amide bonds. The Balaban J connectivity index is 0.00000363. The molecule has 0 aliphatic carbocycles. The highest BCUT2D eigenvalue weighted by molar-refractivity contribution is 14.0. The minimum absolute atomic E-state index is 0. The molecule has 1 atom stereocenters. The van der Waals surface area contributed by atoms with E-state index in [1.54, 1.807) is 17.8 Å². The summed E-state index contributed by atoms with van der Waals surface area (Å²) in [5.41, 5.74) is 2.04. The predicted octanol–water partition coefficient (Wildman–Crippen LogP) is 3.46. The van der Waals surface area contributed by atoms with Crippen molar-refractivity contribution in [2.75, 3.05) is 25.9 Å². The van der Waals surface area contributed by atoms with Crippen LogP contribution >= 0.6 is 35.7 Å². The first-order valence-electron chi connectivity index (χ1n) is 10.9. The molecule has 2 aromatic rings. The average molecular weight is 576 g/mol. The van der Waals surface area contributed by atoms with E-state index < -0.39 is 0 Å². The summed E-state index contributed by atoms with van der Waals surface area (Å²) >= 11 is 1.68. The Morgan fingerprint density at radius 1 is 1.28 bits per heavy atom. The number of nitrogens with one attached hydrogen (secondary N) is 2. The number of hydrogen-bond donors (Lipinski definition) is 2. The van der Waals surface area contributed by atoms with Crippen molar-refractivity contribution in [3.05, 3.63) is 46.8 Å². The van der Waals surface area contributed by atoms with Gasteiger partial charge in [0.15, 0.2) is 11.8 Å². The summed E-state index contributed by atoms with van der Waals surface area (Å²) in [4.78, 5) is 7.32. The number of rotatable bonds is 9. The zero-order valence-electron chi connectivity index (χ0n) is 19.4. The molecule has 1 fully saturated rings. The fourth-order valence-corrected chi connectivity index (χ4v) is 4.48. The third-order valence-electron chi connectivity index (χ3n) is 5.88. The molecule has 1 aromatic carbocycles. The Hall–Kier alpha value is -1.40. The molecule has 0 saturated carbocycles. The van der Waals surface area contributed by atoms with Gasteiger partial charge in [-0.2, -0.15) is 11.8 Å². The fourth-order valence-electron chi connectivity index (χ4n) is 3.90.